The molecule has 0 saturated heterocycles. The fraction of sp³-hybridized carbons (Fsp3) is 0.273. The molecule has 0 saturated carbocycles. The van der Waals surface area contributed by atoms with Crippen molar-refractivity contribution in [1.82, 2.24) is 9.78 Å². The zero-order chi connectivity index (χ0) is 13.9. The van der Waals surface area contributed by atoms with Crippen molar-refractivity contribution in [3.8, 4) is 11.3 Å². The van der Waals surface area contributed by atoms with Crippen LogP contribution < -0.4 is 4.57 Å². The fourth-order valence-electron chi connectivity index (χ4n) is 1.68. The molecule has 0 aliphatic rings. The predicted octanol–water partition coefficient (Wildman–Crippen LogP) is -0.149. The zero-order valence-electron chi connectivity index (χ0n) is 10.3. The van der Waals surface area contributed by atoms with Gasteiger partial charge >= 0.3 is 0 Å². The van der Waals surface area contributed by atoms with E-state index in [2.05, 4.69) is 9.28 Å². The van der Waals surface area contributed by atoms with Crippen molar-refractivity contribution < 1.29 is 21.7 Å². The Balaban J connectivity index is 2.01. The molecule has 0 amide bonds. The normalized spacial score (nSPS) is 11.7. The number of hydrogen-bond acceptors (Lipinski definition) is 5. The molecule has 0 fully saturated rings. The summed E-state index contributed by atoms with van der Waals surface area (Å²) in [6, 6.07) is 5.65. The molecule has 7 nitrogen and oxygen atoms in total. The van der Waals surface area contributed by atoms with E-state index in [0.717, 1.165) is 11.3 Å². The van der Waals surface area contributed by atoms with Gasteiger partial charge < -0.3 is 4.55 Å². The van der Waals surface area contributed by atoms with Gasteiger partial charge in [-0.05, 0) is 6.07 Å². The number of hydrogen-bond donors (Lipinski definition) is 0. The van der Waals surface area contributed by atoms with Crippen molar-refractivity contribution in [2.45, 2.75) is 6.54 Å². The fourth-order valence-corrected chi connectivity index (χ4v) is 1.96. The molecule has 102 valence electrons. The van der Waals surface area contributed by atoms with Crippen LogP contribution in [0.1, 0.15) is 0 Å². The Bertz CT molecular complexity index is 649. The molecule has 2 aromatic heterocycles. The molecule has 2 aromatic rings. The molecule has 0 atom stereocenters. The highest BCUT2D eigenvalue weighted by Gasteiger charge is 2.06. The van der Waals surface area contributed by atoms with Crippen LogP contribution in [0.2, 0.25) is 0 Å². The summed E-state index contributed by atoms with van der Waals surface area (Å²) < 4.78 is 38.4. The summed E-state index contributed by atoms with van der Waals surface area (Å²) in [4.78, 5) is 0. The van der Waals surface area contributed by atoms with E-state index in [-0.39, 0.29) is 13.2 Å². The van der Waals surface area contributed by atoms with Gasteiger partial charge in [-0.3, -0.25) is 8.86 Å². The van der Waals surface area contributed by atoms with Gasteiger partial charge in [0.25, 0.3) is 0 Å². The zero-order valence-corrected chi connectivity index (χ0v) is 11.1. The lowest BCUT2D eigenvalue weighted by atomic mass is 10.2. The maximum Gasteiger partial charge on any atom is 0.217 e. The number of rotatable bonds is 5. The molecule has 2 heterocycles. The molecule has 0 radical (unpaired) electrons. The molecular weight excluding hydrogens is 270 g/mol. The minimum absolute atomic E-state index is 0.179. The third kappa shape index (κ3) is 3.85. The highest BCUT2D eigenvalue weighted by atomic mass is 32.3. The highest BCUT2D eigenvalue weighted by molar-refractivity contribution is 7.80. The van der Waals surface area contributed by atoms with Gasteiger partial charge in [0.15, 0.2) is 18.9 Å². The van der Waals surface area contributed by atoms with Crippen LogP contribution in [0, 0.1) is 0 Å². The summed E-state index contributed by atoms with van der Waals surface area (Å²) >= 11 is 0. The summed E-state index contributed by atoms with van der Waals surface area (Å²) in [6.07, 6.45) is 5.27. The molecule has 0 spiro atoms. The first kappa shape index (κ1) is 13.7. The molecule has 0 aliphatic carbocycles. The minimum atomic E-state index is -4.62. The van der Waals surface area contributed by atoms with Crippen LogP contribution in [0.25, 0.3) is 11.3 Å². The van der Waals surface area contributed by atoms with Gasteiger partial charge in [-0.2, -0.15) is 5.10 Å². The van der Waals surface area contributed by atoms with E-state index in [0.29, 0.717) is 0 Å². The summed E-state index contributed by atoms with van der Waals surface area (Å²) in [5, 5.41) is 4.08. The molecule has 8 heteroatoms. The molecule has 19 heavy (non-hydrogen) atoms. The van der Waals surface area contributed by atoms with E-state index in [1.165, 1.54) is 0 Å². The molecule has 0 unspecified atom stereocenters. The van der Waals surface area contributed by atoms with Gasteiger partial charge in [0.05, 0.1) is 5.69 Å². The second-order valence-corrected chi connectivity index (χ2v) is 4.95. The molecule has 0 aliphatic heterocycles. The number of pyridine rings is 1. The molecule has 0 bridgehead atoms. The Hall–Kier alpha value is -1.77. The van der Waals surface area contributed by atoms with Crippen LogP contribution in [0.5, 0.6) is 0 Å². The third-order valence-electron chi connectivity index (χ3n) is 2.58. The first-order chi connectivity index (χ1) is 8.96. The Kier molecular flexibility index (Phi) is 3.93. The van der Waals surface area contributed by atoms with Crippen molar-refractivity contribution in [2.24, 2.45) is 7.05 Å². The van der Waals surface area contributed by atoms with Crippen LogP contribution in [-0.4, -0.2) is 29.4 Å². The quantitative estimate of drug-likeness (QED) is 0.432. The van der Waals surface area contributed by atoms with E-state index in [1.54, 1.807) is 27.8 Å². The topological polar surface area (TPSA) is 88.1 Å². The number of aromatic nitrogens is 3. The standard InChI is InChI=1S/C11H13N3O4S/c1-13-11(2-5-12-13)10-3-6-14(7-4-10)8-9-18-19(15,16)17/h2-7H,8-9H2,1H3. The first-order valence-electron chi connectivity index (χ1n) is 5.53. The maximum absolute atomic E-state index is 10.3. The number of nitrogens with zero attached hydrogens (tertiary/aromatic N) is 3. The second-order valence-electron chi connectivity index (χ2n) is 3.89. The molecule has 0 N–H and O–H groups in total. The van der Waals surface area contributed by atoms with Gasteiger partial charge in [0.2, 0.25) is 10.4 Å². The van der Waals surface area contributed by atoms with Gasteiger partial charge in [0.1, 0.15) is 6.61 Å². The summed E-state index contributed by atoms with van der Waals surface area (Å²) in [5.74, 6) is 0. The van der Waals surface area contributed by atoms with Crippen LogP contribution in [0.15, 0.2) is 36.8 Å². The van der Waals surface area contributed by atoms with Crippen molar-refractivity contribution >= 4 is 10.4 Å². The summed E-state index contributed by atoms with van der Waals surface area (Å²) in [5.41, 5.74) is 1.97. The van der Waals surface area contributed by atoms with Crippen LogP contribution in [0.3, 0.4) is 0 Å². The lowest BCUT2D eigenvalue weighted by Gasteiger charge is -2.05. The van der Waals surface area contributed by atoms with Crippen molar-refractivity contribution in [1.29, 1.82) is 0 Å². The Morgan fingerprint density at radius 1 is 1.37 bits per heavy atom. The van der Waals surface area contributed by atoms with Crippen LogP contribution >= 0.6 is 0 Å². The predicted molar refractivity (Wildman–Crippen MR) is 64.5 cm³/mol. The Labute approximate surface area is 111 Å². The largest absolute Gasteiger partial charge is 0.726 e. The second kappa shape index (κ2) is 5.47. The van der Waals surface area contributed by atoms with Gasteiger partial charge in [-0.1, -0.05) is 0 Å². The van der Waals surface area contributed by atoms with Crippen molar-refractivity contribution in [3.63, 3.8) is 0 Å². The van der Waals surface area contributed by atoms with E-state index < -0.39 is 10.4 Å². The molecule has 0 aromatic carbocycles. The van der Waals surface area contributed by atoms with E-state index in [1.807, 2.05) is 25.2 Å². The Morgan fingerprint density at radius 3 is 2.58 bits per heavy atom. The monoisotopic (exact) mass is 283 g/mol. The summed E-state index contributed by atoms with van der Waals surface area (Å²) in [7, 11) is -2.77. The third-order valence-corrected chi connectivity index (χ3v) is 3.04. The minimum Gasteiger partial charge on any atom is -0.726 e. The van der Waals surface area contributed by atoms with Crippen LogP contribution in [0.4, 0.5) is 0 Å². The first-order valence-corrected chi connectivity index (χ1v) is 6.87. The van der Waals surface area contributed by atoms with Crippen LogP contribution in [-0.2, 0) is 28.2 Å². The molecular formula is C11H13N3O4S. The molecule has 2 rings (SSSR count). The van der Waals surface area contributed by atoms with Crippen molar-refractivity contribution in [3.05, 3.63) is 36.8 Å². The average Bonchev–Trinajstić information content (AvgIpc) is 2.75. The summed E-state index contributed by atoms with van der Waals surface area (Å²) in [6.45, 7) is 0.106. The lowest BCUT2D eigenvalue weighted by molar-refractivity contribution is -0.697. The van der Waals surface area contributed by atoms with E-state index in [9.17, 15) is 13.0 Å². The van der Waals surface area contributed by atoms with Crippen molar-refractivity contribution in [2.75, 3.05) is 6.61 Å². The SMILES string of the molecule is Cn1nccc1-c1cc[n+](CCOS(=O)(=O)[O-])cc1. The Morgan fingerprint density at radius 2 is 2.05 bits per heavy atom. The van der Waals surface area contributed by atoms with E-state index in [4.69, 9.17) is 0 Å². The van der Waals surface area contributed by atoms with Gasteiger partial charge in [0, 0.05) is 30.9 Å². The number of aryl methyl sites for hydroxylation is 1. The lowest BCUT2D eigenvalue weighted by Crippen LogP contribution is -2.35. The highest BCUT2D eigenvalue weighted by Crippen LogP contribution is 2.15. The van der Waals surface area contributed by atoms with Gasteiger partial charge in [-0.15, -0.1) is 0 Å². The van der Waals surface area contributed by atoms with Gasteiger partial charge in [-0.25, -0.2) is 13.0 Å². The maximum atomic E-state index is 10.3. The smallest absolute Gasteiger partial charge is 0.217 e. The van der Waals surface area contributed by atoms with E-state index >= 15 is 0 Å². The average molecular weight is 283 g/mol.